The normalized spacial score (nSPS) is 20.4. The number of fused-ring (bicyclic) bond motifs is 2. The third-order valence-corrected chi connectivity index (χ3v) is 7.74. The van der Waals surface area contributed by atoms with Gasteiger partial charge in [-0.1, -0.05) is 18.2 Å². The summed E-state index contributed by atoms with van der Waals surface area (Å²) < 4.78 is 2.71. The van der Waals surface area contributed by atoms with Crippen LogP contribution < -0.4 is 0 Å². The van der Waals surface area contributed by atoms with Crippen LogP contribution in [0.4, 0.5) is 0 Å². The summed E-state index contributed by atoms with van der Waals surface area (Å²) in [6, 6.07) is 6.41. The zero-order valence-corrected chi connectivity index (χ0v) is 21.3. The molecule has 2 heterocycles. The Morgan fingerprint density at radius 2 is 1.91 bits per heavy atom. The Kier molecular flexibility index (Phi) is 6.61. The highest BCUT2D eigenvalue weighted by molar-refractivity contribution is 9.10. The van der Waals surface area contributed by atoms with Crippen molar-refractivity contribution in [2.45, 2.75) is 32.7 Å². The Morgan fingerprint density at radius 1 is 1.19 bits per heavy atom. The van der Waals surface area contributed by atoms with E-state index in [0.29, 0.717) is 13.0 Å². The van der Waals surface area contributed by atoms with Crippen molar-refractivity contribution in [3.8, 4) is 0 Å². The molecule has 2 aromatic rings. The van der Waals surface area contributed by atoms with Crippen LogP contribution in [0.2, 0.25) is 0 Å². The van der Waals surface area contributed by atoms with E-state index >= 15 is 0 Å². The van der Waals surface area contributed by atoms with Crippen LogP contribution in [0.1, 0.15) is 36.2 Å². The molecule has 0 spiro atoms. The third-order valence-electron chi connectivity index (χ3n) is 6.91. The molecule has 0 unspecified atom stereocenters. The Bertz CT molecular complexity index is 1080. The number of rotatable bonds is 6. The number of hydrogen-bond donors (Lipinski definition) is 0. The molecule has 1 amide bonds. The molecule has 0 saturated carbocycles. The van der Waals surface area contributed by atoms with E-state index in [0.717, 1.165) is 47.1 Å². The van der Waals surface area contributed by atoms with E-state index in [1.807, 2.05) is 54.4 Å². The molecule has 0 bridgehead atoms. The van der Waals surface area contributed by atoms with Crippen LogP contribution >= 0.6 is 15.9 Å². The van der Waals surface area contributed by atoms with Gasteiger partial charge in [-0.05, 0) is 80.1 Å². The van der Waals surface area contributed by atoms with Crippen molar-refractivity contribution < 1.29 is 9.59 Å². The van der Waals surface area contributed by atoms with Crippen LogP contribution in [0.5, 0.6) is 0 Å². The van der Waals surface area contributed by atoms with Gasteiger partial charge in [0.2, 0.25) is 11.8 Å². The van der Waals surface area contributed by atoms with E-state index in [1.54, 1.807) is 0 Å². The number of benzene rings is 1. The monoisotopic (exact) mass is 500 g/mol. The number of carbonyl (C=O) groups is 2. The van der Waals surface area contributed by atoms with Crippen molar-refractivity contribution in [2.75, 3.05) is 47.3 Å². The number of hydrogen-bond acceptors (Lipinski definition) is 4. The summed E-state index contributed by atoms with van der Waals surface area (Å²) >= 11 is 3.77. The van der Waals surface area contributed by atoms with Gasteiger partial charge >= 0.3 is 0 Å². The minimum Gasteiger partial charge on any atom is -0.343 e. The summed E-state index contributed by atoms with van der Waals surface area (Å²) in [5.41, 5.74) is 4.51. The summed E-state index contributed by atoms with van der Waals surface area (Å²) in [5.74, 6) is 0.152. The molecule has 1 aliphatic heterocycles. The number of amides is 1. The summed E-state index contributed by atoms with van der Waals surface area (Å²) in [4.78, 5) is 32.5. The van der Waals surface area contributed by atoms with Crippen LogP contribution in [0, 0.1) is 5.92 Å². The second-order valence-electron chi connectivity index (χ2n) is 9.15. The zero-order chi connectivity index (χ0) is 23.2. The van der Waals surface area contributed by atoms with Gasteiger partial charge in [-0.2, -0.15) is 0 Å². The average Bonchev–Trinajstić information content (AvgIpc) is 3.06. The minimum atomic E-state index is -0.143. The van der Waals surface area contributed by atoms with E-state index in [1.165, 1.54) is 11.1 Å². The molecule has 0 fully saturated rings. The van der Waals surface area contributed by atoms with E-state index < -0.39 is 0 Å². The van der Waals surface area contributed by atoms with Gasteiger partial charge < -0.3 is 9.80 Å². The first-order valence-corrected chi connectivity index (χ1v) is 12.3. The fraction of sp³-hybridized carbons (Fsp3) is 0.520. The molecule has 2 aliphatic rings. The lowest BCUT2D eigenvalue weighted by Gasteiger charge is -2.40. The van der Waals surface area contributed by atoms with Crippen LogP contribution in [-0.4, -0.2) is 84.4 Å². The van der Waals surface area contributed by atoms with Crippen LogP contribution in [0.3, 0.4) is 0 Å². The lowest BCUT2D eigenvalue weighted by Crippen LogP contribution is -2.47. The first-order valence-electron chi connectivity index (χ1n) is 11.5. The summed E-state index contributed by atoms with van der Waals surface area (Å²) in [7, 11) is 6.08. The molecular weight excluding hydrogens is 468 g/mol. The maximum absolute atomic E-state index is 13.1. The summed E-state index contributed by atoms with van der Waals surface area (Å²) in [6.45, 7) is 6.95. The van der Waals surface area contributed by atoms with Gasteiger partial charge in [0.1, 0.15) is 0 Å². The summed E-state index contributed by atoms with van der Waals surface area (Å²) in [6.07, 6.45) is 3.49. The highest BCUT2D eigenvalue weighted by Crippen LogP contribution is 2.45. The quantitative estimate of drug-likeness (QED) is 0.606. The molecule has 0 N–H and O–H groups in total. The van der Waals surface area contributed by atoms with Crippen LogP contribution in [0.15, 0.2) is 28.9 Å². The van der Waals surface area contributed by atoms with Gasteiger partial charge in [0.05, 0.1) is 16.0 Å². The number of carbonyl (C=O) groups excluding carboxylic acids is 2. The Morgan fingerprint density at radius 3 is 2.56 bits per heavy atom. The van der Waals surface area contributed by atoms with Crippen molar-refractivity contribution >= 4 is 44.2 Å². The predicted molar refractivity (Wildman–Crippen MR) is 133 cm³/mol. The molecule has 32 heavy (non-hydrogen) atoms. The molecule has 1 aromatic carbocycles. The smallest absolute Gasteiger partial charge is 0.233 e. The van der Waals surface area contributed by atoms with Crippen molar-refractivity contribution in [3.05, 3.63) is 40.0 Å². The molecule has 2 atom stereocenters. The lowest BCUT2D eigenvalue weighted by molar-refractivity contribution is -0.134. The lowest BCUT2D eigenvalue weighted by atomic mass is 9.79. The number of halogens is 1. The second kappa shape index (κ2) is 9.12. The van der Waals surface area contributed by atoms with Gasteiger partial charge in [0.25, 0.3) is 0 Å². The van der Waals surface area contributed by atoms with Gasteiger partial charge in [0.15, 0.2) is 0 Å². The number of aromatic nitrogens is 1. The van der Waals surface area contributed by atoms with E-state index in [-0.39, 0.29) is 23.8 Å². The Labute approximate surface area is 199 Å². The molecule has 4 rings (SSSR count). The first kappa shape index (κ1) is 23.2. The first-order chi connectivity index (χ1) is 15.3. The highest BCUT2D eigenvalue weighted by atomic mass is 79.9. The van der Waals surface area contributed by atoms with E-state index in [4.69, 9.17) is 0 Å². The number of nitrogens with zero attached hydrogens (tertiary/aromatic N) is 4. The molecule has 172 valence electrons. The fourth-order valence-corrected chi connectivity index (χ4v) is 5.94. The molecule has 1 aromatic heterocycles. The van der Waals surface area contributed by atoms with Crippen LogP contribution in [-0.2, 0) is 11.2 Å². The topological polar surface area (TPSA) is 48.8 Å². The van der Waals surface area contributed by atoms with Crippen molar-refractivity contribution in [3.63, 3.8) is 0 Å². The Hall–Kier alpha value is -1.96. The van der Waals surface area contributed by atoms with E-state index in [2.05, 4.69) is 40.0 Å². The van der Waals surface area contributed by atoms with E-state index in [9.17, 15) is 9.59 Å². The third kappa shape index (κ3) is 3.84. The maximum Gasteiger partial charge on any atom is 0.233 e. The Balaban J connectivity index is 1.81. The fourth-order valence-electron chi connectivity index (χ4n) is 5.19. The molecule has 0 radical (unpaired) electrons. The van der Waals surface area contributed by atoms with Gasteiger partial charge in [-0.25, -0.2) is 0 Å². The average molecular weight is 501 g/mol. The maximum atomic E-state index is 13.1. The molecule has 7 heteroatoms. The van der Waals surface area contributed by atoms with Crippen molar-refractivity contribution in [1.82, 2.24) is 19.3 Å². The SMILES string of the molecule is CCN(CC)C(=O)[C@@H]1C=C2c3cccc4c3c(c(Br)n4C(=O)CCN(C)C)C[C@H]2N(C)C1. The standard InChI is InChI=1S/C25H33BrN4O2/c1-6-29(7-2)25(32)16-13-18-17-9-8-10-20-23(17)19(14-21(18)28(5)15-16)24(26)30(20)22(31)11-12-27(3)4/h8-10,13,16,21H,6-7,11-12,14-15H2,1-5H3/t16-,21-/m1/s1. The summed E-state index contributed by atoms with van der Waals surface area (Å²) in [5, 5.41) is 1.14. The zero-order valence-electron chi connectivity index (χ0n) is 19.7. The molecule has 6 nitrogen and oxygen atoms in total. The minimum absolute atomic E-state index is 0.0979. The van der Waals surface area contributed by atoms with Gasteiger partial charge in [-0.3, -0.25) is 19.1 Å². The highest BCUT2D eigenvalue weighted by Gasteiger charge is 2.38. The largest absolute Gasteiger partial charge is 0.343 e. The van der Waals surface area contributed by atoms with Crippen molar-refractivity contribution in [2.24, 2.45) is 5.92 Å². The number of likely N-dealkylation sites (N-methyl/N-ethyl adjacent to an activating group) is 1. The van der Waals surface area contributed by atoms with Gasteiger partial charge in [-0.15, -0.1) is 0 Å². The molecular formula is C25H33BrN4O2. The predicted octanol–water partition coefficient (Wildman–Crippen LogP) is 3.73. The van der Waals surface area contributed by atoms with Crippen LogP contribution in [0.25, 0.3) is 16.5 Å². The molecule has 0 saturated heterocycles. The molecule has 1 aliphatic carbocycles. The van der Waals surface area contributed by atoms with Gasteiger partial charge in [0, 0.05) is 44.0 Å². The van der Waals surface area contributed by atoms with Crippen molar-refractivity contribution in [1.29, 1.82) is 0 Å². The second-order valence-corrected chi connectivity index (χ2v) is 9.90.